The van der Waals surface area contributed by atoms with Crippen LogP contribution in [0.3, 0.4) is 0 Å². The van der Waals surface area contributed by atoms with Crippen molar-refractivity contribution in [3.8, 4) is 0 Å². The van der Waals surface area contributed by atoms with Crippen molar-refractivity contribution in [3.63, 3.8) is 0 Å². The number of hydrogen-bond donors (Lipinski definition) is 0. The Hall–Kier alpha value is -1.82. The largest absolute Gasteiger partial charge is 0.369 e. The first-order chi connectivity index (χ1) is 11.4. The predicted octanol–water partition coefficient (Wildman–Crippen LogP) is 2.06. The Kier molecular flexibility index (Phi) is 4.94. The molecule has 0 radical (unpaired) electrons. The van der Waals surface area contributed by atoms with Crippen LogP contribution in [0.4, 0.5) is 5.69 Å². The maximum Gasteiger partial charge on any atom is 0.223 e. The minimum atomic E-state index is -3.10. The molecule has 130 valence electrons. The lowest BCUT2D eigenvalue weighted by Crippen LogP contribution is -2.49. The van der Waals surface area contributed by atoms with Crippen LogP contribution < -0.4 is 4.90 Å². The highest BCUT2D eigenvalue weighted by Crippen LogP contribution is 2.24. The van der Waals surface area contributed by atoms with Crippen molar-refractivity contribution in [3.05, 3.63) is 41.8 Å². The van der Waals surface area contributed by atoms with Gasteiger partial charge in [0, 0.05) is 49.6 Å². The van der Waals surface area contributed by atoms with Crippen LogP contribution in [0.5, 0.6) is 0 Å². The zero-order valence-corrected chi connectivity index (χ0v) is 14.8. The fourth-order valence-electron chi connectivity index (χ4n) is 3.48. The van der Waals surface area contributed by atoms with Crippen LogP contribution in [0.25, 0.3) is 0 Å². The van der Waals surface area contributed by atoms with Crippen molar-refractivity contribution >= 4 is 21.4 Å². The van der Waals surface area contributed by atoms with Gasteiger partial charge in [-0.25, -0.2) is 8.42 Å². The summed E-state index contributed by atoms with van der Waals surface area (Å²) in [7, 11) is -1.25. The molecule has 3 rings (SSSR count). The molecule has 24 heavy (non-hydrogen) atoms. The molecule has 0 saturated carbocycles. The average molecular weight is 348 g/mol. The number of benzene rings is 1. The van der Waals surface area contributed by atoms with Gasteiger partial charge in [0.05, 0.1) is 5.75 Å². The monoisotopic (exact) mass is 348 g/mol. The number of sulfone groups is 1. The number of hydrogen-bond acceptors (Lipinski definition) is 4. The number of likely N-dealkylation sites (N-methyl/N-ethyl adjacent to an activating group) is 1. The Labute approximate surface area is 143 Å². The number of allylic oxidation sites excluding steroid dienone is 1. The lowest BCUT2D eigenvalue weighted by molar-refractivity contribution is -0.132. The highest BCUT2D eigenvalue weighted by molar-refractivity contribution is 7.94. The Morgan fingerprint density at radius 1 is 1.29 bits per heavy atom. The lowest BCUT2D eigenvalue weighted by atomic mass is 10.0. The van der Waals surface area contributed by atoms with E-state index >= 15 is 0 Å². The molecule has 0 bridgehead atoms. The maximum atomic E-state index is 12.5. The highest BCUT2D eigenvalue weighted by atomic mass is 32.2. The molecular formula is C18H24N2O3S. The molecule has 0 aromatic heterocycles. The van der Waals surface area contributed by atoms with Gasteiger partial charge in [-0.05, 0) is 25.0 Å². The van der Waals surface area contributed by atoms with Gasteiger partial charge in [0.1, 0.15) is 0 Å². The first-order valence-corrected chi connectivity index (χ1v) is 10.1. The summed E-state index contributed by atoms with van der Waals surface area (Å²) >= 11 is 0. The fraction of sp³-hybridized carbons (Fsp3) is 0.500. The molecular weight excluding hydrogens is 324 g/mol. The van der Waals surface area contributed by atoms with E-state index in [2.05, 4.69) is 17.0 Å². The van der Waals surface area contributed by atoms with E-state index in [-0.39, 0.29) is 30.0 Å². The molecule has 1 amide bonds. The second kappa shape index (κ2) is 6.97. The molecule has 2 heterocycles. The number of piperidine rings is 1. The van der Waals surface area contributed by atoms with Gasteiger partial charge in [-0.15, -0.1) is 0 Å². The molecule has 6 heteroatoms. The number of para-hydroxylation sites is 1. The molecule has 0 aliphatic carbocycles. The summed E-state index contributed by atoms with van der Waals surface area (Å²) in [6.07, 6.45) is 3.96. The summed E-state index contributed by atoms with van der Waals surface area (Å²) < 4.78 is 23.0. The Balaban J connectivity index is 1.59. The molecule has 1 fully saturated rings. The molecule has 2 aliphatic heterocycles. The van der Waals surface area contributed by atoms with E-state index in [1.165, 1.54) is 11.1 Å². The molecule has 1 aromatic carbocycles. The van der Waals surface area contributed by atoms with Crippen LogP contribution in [0, 0.1) is 5.92 Å². The lowest BCUT2D eigenvalue weighted by Gasteiger charge is -2.39. The van der Waals surface area contributed by atoms with Crippen molar-refractivity contribution < 1.29 is 13.2 Å². The molecule has 0 spiro atoms. The topological polar surface area (TPSA) is 57.7 Å². The highest BCUT2D eigenvalue weighted by Gasteiger charge is 2.29. The van der Waals surface area contributed by atoms with E-state index in [1.54, 1.807) is 6.08 Å². The molecule has 0 unspecified atom stereocenters. The van der Waals surface area contributed by atoms with Crippen LogP contribution in [0.1, 0.15) is 19.3 Å². The second-order valence-electron chi connectivity index (χ2n) is 6.70. The van der Waals surface area contributed by atoms with E-state index in [9.17, 15) is 13.2 Å². The quantitative estimate of drug-likeness (QED) is 0.836. The van der Waals surface area contributed by atoms with E-state index < -0.39 is 9.84 Å². The average Bonchev–Trinajstić information content (AvgIpc) is 2.93. The standard InChI is InChI=1S/C18H24N2O3S/c1-19(18(21)12-15-9-11-24(22,23)14-15)17-8-5-10-20(13-17)16-6-3-2-4-7-16/h2-4,6-7,9,11,15,17H,5,8,10,12-14H2,1H3/t15-,17+/m0/s1. The number of rotatable bonds is 4. The Morgan fingerprint density at radius 3 is 2.71 bits per heavy atom. The van der Waals surface area contributed by atoms with Crippen molar-refractivity contribution in [1.29, 1.82) is 0 Å². The van der Waals surface area contributed by atoms with Gasteiger partial charge in [-0.1, -0.05) is 24.3 Å². The number of carbonyl (C=O) groups excluding carboxylic acids is 1. The van der Waals surface area contributed by atoms with Gasteiger partial charge >= 0.3 is 0 Å². The number of anilines is 1. The van der Waals surface area contributed by atoms with Crippen molar-refractivity contribution in [2.75, 3.05) is 30.8 Å². The Bertz CT molecular complexity index is 715. The fourth-order valence-corrected chi connectivity index (χ4v) is 4.88. The minimum Gasteiger partial charge on any atom is -0.369 e. The van der Waals surface area contributed by atoms with E-state index in [0.29, 0.717) is 0 Å². The molecule has 2 atom stereocenters. The van der Waals surface area contributed by atoms with E-state index in [1.807, 2.05) is 30.1 Å². The van der Waals surface area contributed by atoms with Gasteiger partial charge in [0.25, 0.3) is 0 Å². The van der Waals surface area contributed by atoms with Gasteiger partial charge in [-0.2, -0.15) is 0 Å². The van der Waals surface area contributed by atoms with Crippen molar-refractivity contribution in [2.45, 2.75) is 25.3 Å². The van der Waals surface area contributed by atoms with Gasteiger partial charge in [0.2, 0.25) is 5.91 Å². The second-order valence-corrected chi connectivity index (χ2v) is 8.64. The maximum absolute atomic E-state index is 12.5. The third kappa shape index (κ3) is 3.98. The summed E-state index contributed by atoms with van der Waals surface area (Å²) in [5.74, 6) is -0.0895. The summed E-state index contributed by atoms with van der Waals surface area (Å²) in [5, 5.41) is 1.24. The van der Waals surface area contributed by atoms with E-state index in [0.717, 1.165) is 25.9 Å². The normalized spacial score (nSPS) is 25.6. The summed E-state index contributed by atoms with van der Waals surface area (Å²) in [6.45, 7) is 1.83. The van der Waals surface area contributed by atoms with Gasteiger partial charge in [0.15, 0.2) is 9.84 Å². The first-order valence-electron chi connectivity index (χ1n) is 8.41. The smallest absolute Gasteiger partial charge is 0.223 e. The molecule has 0 N–H and O–H groups in total. The van der Waals surface area contributed by atoms with Gasteiger partial charge in [-0.3, -0.25) is 4.79 Å². The summed E-state index contributed by atoms with van der Waals surface area (Å²) in [5.41, 5.74) is 1.19. The van der Waals surface area contributed by atoms with E-state index in [4.69, 9.17) is 0 Å². The van der Waals surface area contributed by atoms with Crippen molar-refractivity contribution in [2.24, 2.45) is 5.92 Å². The molecule has 5 nitrogen and oxygen atoms in total. The third-order valence-corrected chi connectivity index (χ3v) is 6.36. The summed E-state index contributed by atoms with van der Waals surface area (Å²) in [6, 6.07) is 10.4. The minimum absolute atomic E-state index is 0.0293. The molecule has 2 aliphatic rings. The SMILES string of the molecule is CN(C(=O)C[C@@H]1C=CS(=O)(=O)C1)[C@@H]1CCCN(c2ccccc2)C1. The summed E-state index contributed by atoms with van der Waals surface area (Å²) in [4.78, 5) is 16.7. The van der Waals surface area contributed by atoms with Crippen LogP contribution >= 0.6 is 0 Å². The number of carbonyl (C=O) groups is 1. The van der Waals surface area contributed by atoms with Crippen LogP contribution in [-0.2, 0) is 14.6 Å². The molecule has 1 aromatic rings. The third-order valence-electron chi connectivity index (χ3n) is 4.90. The zero-order valence-electron chi connectivity index (χ0n) is 14.0. The number of amides is 1. The predicted molar refractivity (Wildman–Crippen MR) is 95.5 cm³/mol. The Morgan fingerprint density at radius 2 is 2.04 bits per heavy atom. The van der Waals surface area contributed by atoms with Crippen LogP contribution in [0.2, 0.25) is 0 Å². The van der Waals surface area contributed by atoms with Gasteiger partial charge < -0.3 is 9.80 Å². The molecule has 1 saturated heterocycles. The number of nitrogens with zero attached hydrogens (tertiary/aromatic N) is 2. The zero-order chi connectivity index (χ0) is 17.2. The van der Waals surface area contributed by atoms with Crippen molar-refractivity contribution in [1.82, 2.24) is 4.90 Å². The van der Waals surface area contributed by atoms with Crippen LogP contribution in [-0.4, -0.2) is 51.2 Å². The first kappa shape index (κ1) is 17.0. The van der Waals surface area contributed by atoms with Crippen LogP contribution in [0.15, 0.2) is 41.8 Å².